The van der Waals surface area contributed by atoms with Gasteiger partial charge in [-0.1, -0.05) is 17.7 Å². The van der Waals surface area contributed by atoms with Gasteiger partial charge in [-0.3, -0.25) is 4.99 Å². The fourth-order valence-corrected chi connectivity index (χ4v) is 2.39. The van der Waals surface area contributed by atoms with Gasteiger partial charge in [0.05, 0.1) is 24.5 Å². The minimum atomic E-state index is 0. The highest BCUT2D eigenvalue weighted by Gasteiger charge is 2.07. The number of aryl methyl sites for hydroxylation is 2. The number of rotatable bonds is 5. The molecule has 2 N–H and O–H groups in total. The van der Waals surface area contributed by atoms with Crippen LogP contribution in [0.1, 0.15) is 22.8 Å². The number of nitrogens with zero attached hydrogens (tertiary/aromatic N) is 4. The molecule has 0 unspecified atom stereocenters. The lowest BCUT2D eigenvalue weighted by molar-refractivity contribution is 0.572. The maximum Gasteiger partial charge on any atom is 0.226 e. The topological polar surface area (TPSA) is 88.2 Å². The molecule has 142 valence electrons. The predicted molar refractivity (Wildman–Crippen MR) is 116 cm³/mol. The normalized spacial score (nSPS) is 11.0. The lowest BCUT2D eigenvalue weighted by Gasteiger charge is -2.10. The number of aliphatic imine (C=N–C) groups is 1. The van der Waals surface area contributed by atoms with E-state index in [-0.39, 0.29) is 24.0 Å². The van der Waals surface area contributed by atoms with E-state index in [2.05, 4.69) is 37.5 Å². The lowest BCUT2D eigenvalue weighted by atomic mass is 10.1. The summed E-state index contributed by atoms with van der Waals surface area (Å²) in [5.74, 6) is 2.03. The van der Waals surface area contributed by atoms with Gasteiger partial charge in [0.15, 0.2) is 5.96 Å². The molecule has 0 aliphatic rings. The van der Waals surface area contributed by atoms with Crippen LogP contribution in [0.25, 0.3) is 11.5 Å². The number of benzene rings is 1. The molecule has 27 heavy (non-hydrogen) atoms. The summed E-state index contributed by atoms with van der Waals surface area (Å²) < 4.78 is 5.57. The van der Waals surface area contributed by atoms with E-state index in [9.17, 15) is 0 Å². The van der Waals surface area contributed by atoms with E-state index in [0.29, 0.717) is 24.9 Å². The smallest absolute Gasteiger partial charge is 0.226 e. The van der Waals surface area contributed by atoms with Crippen molar-refractivity contribution in [1.29, 1.82) is 0 Å². The van der Waals surface area contributed by atoms with Crippen LogP contribution < -0.4 is 10.6 Å². The van der Waals surface area contributed by atoms with Gasteiger partial charge >= 0.3 is 0 Å². The quantitative estimate of drug-likeness (QED) is 0.333. The van der Waals surface area contributed by atoms with E-state index in [0.717, 1.165) is 22.8 Å². The zero-order chi connectivity index (χ0) is 18.4. The molecule has 0 radical (unpaired) electrons. The third-order valence-corrected chi connectivity index (χ3v) is 3.78. The Hall–Kier alpha value is -2.49. The Morgan fingerprint density at radius 2 is 1.70 bits per heavy atom. The molecule has 0 atom stereocenters. The summed E-state index contributed by atoms with van der Waals surface area (Å²) >= 11 is 0. The molecule has 0 spiro atoms. The van der Waals surface area contributed by atoms with Crippen molar-refractivity contribution in [2.45, 2.75) is 26.9 Å². The lowest BCUT2D eigenvalue weighted by Crippen LogP contribution is -2.36. The summed E-state index contributed by atoms with van der Waals surface area (Å²) in [6.07, 6.45) is 3.40. The van der Waals surface area contributed by atoms with Crippen molar-refractivity contribution in [3.05, 3.63) is 65.6 Å². The minimum absolute atomic E-state index is 0. The standard InChI is InChI=1S/C19H22N6O.HI/c1-13-4-6-15(7-5-13)18-25-17(12-26-18)11-23-19(20-3)22-10-16-8-9-21-14(2)24-16;/h4-9,12H,10-11H2,1-3H3,(H2,20,22,23);1H. The van der Waals surface area contributed by atoms with Crippen LogP contribution in [0.15, 0.2) is 52.2 Å². The Balaban J connectivity index is 0.00000261. The van der Waals surface area contributed by atoms with Gasteiger partial charge in [0, 0.05) is 18.8 Å². The Morgan fingerprint density at radius 1 is 1.00 bits per heavy atom. The van der Waals surface area contributed by atoms with Gasteiger partial charge in [-0.15, -0.1) is 24.0 Å². The minimum Gasteiger partial charge on any atom is -0.444 e. The van der Waals surface area contributed by atoms with Gasteiger partial charge in [0.2, 0.25) is 5.89 Å². The van der Waals surface area contributed by atoms with Gasteiger partial charge in [-0.05, 0) is 32.0 Å². The molecule has 2 heterocycles. The van der Waals surface area contributed by atoms with Gasteiger partial charge in [0.1, 0.15) is 12.1 Å². The van der Waals surface area contributed by atoms with Crippen molar-refractivity contribution < 1.29 is 4.42 Å². The molecule has 8 heteroatoms. The molecule has 3 aromatic rings. The summed E-state index contributed by atoms with van der Waals surface area (Å²) in [6.45, 7) is 5.00. The van der Waals surface area contributed by atoms with Crippen molar-refractivity contribution in [1.82, 2.24) is 25.6 Å². The number of hydrogen-bond acceptors (Lipinski definition) is 5. The van der Waals surface area contributed by atoms with E-state index in [1.165, 1.54) is 5.56 Å². The highest BCUT2D eigenvalue weighted by molar-refractivity contribution is 14.0. The molecule has 0 saturated carbocycles. The molecule has 0 fully saturated rings. The molecule has 0 saturated heterocycles. The van der Waals surface area contributed by atoms with Crippen molar-refractivity contribution in [3.8, 4) is 11.5 Å². The van der Waals surface area contributed by atoms with Crippen LogP contribution in [0, 0.1) is 13.8 Å². The predicted octanol–water partition coefficient (Wildman–Crippen LogP) is 3.23. The zero-order valence-corrected chi connectivity index (χ0v) is 17.9. The second kappa shape index (κ2) is 10.0. The summed E-state index contributed by atoms with van der Waals surface area (Å²) in [7, 11) is 1.72. The molecule has 0 bridgehead atoms. The van der Waals surface area contributed by atoms with Crippen LogP contribution in [0.4, 0.5) is 0 Å². The number of hydrogen-bond donors (Lipinski definition) is 2. The first-order valence-electron chi connectivity index (χ1n) is 8.38. The average Bonchev–Trinajstić information content (AvgIpc) is 3.11. The first-order chi connectivity index (χ1) is 12.6. The summed E-state index contributed by atoms with van der Waals surface area (Å²) in [4.78, 5) is 17.2. The Labute approximate surface area is 175 Å². The Bertz CT molecular complexity index is 891. The van der Waals surface area contributed by atoms with Gasteiger partial charge < -0.3 is 15.1 Å². The van der Waals surface area contributed by atoms with E-state index >= 15 is 0 Å². The molecule has 2 aromatic heterocycles. The largest absolute Gasteiger partial charge is 0.444 e. The second-order valence-corrected chi connectivity index (χ2v) is 5.88. The van der Waals surface area contributed by atoms with Crippen molar-refractivity contribution in [2.75, 3.05) is 7.05 Å². The van der Waals surface area contributed by atoms with E-state index in [4.69, 9.17) is 4.42 Å². The molecule has 1 aromatic carbocycles. The monoisotopic (exact) mass is 478 g/mol. The average molecular weight is 478 g/mol. The van der Waals surface area contributed by atoms with Gasteiger partial charge in [-0.25, -0.2) is 15.0 Å². The molecule has 0 aliphatic heterocycles. The summed E-state index contributed by atoms with van der Waals surface area (Å²) in [5, 5.41) is 6.44. The fraction of sp³-hybridized carbons (Fsp3) is 0.263. The third-order valence-electron chi connectivity index (χ3n) is 3.78. The Kier molecular flexibility index (Phi) is 7.71. The van der Waals surface area contributed by atoms with Crippen LogP contribution in [0.3, 0.4) is 0 Å². The van der Waals surface area contributed by atoms with Crippen LogP contribution in [-0.4, -0.2) is 28.0 Å². The zero-order valence-electron chi connectivity index (χ0n) is 15.6. The van der Waals surface area contributed by atoms with E-state index in [1.54, 1.807) is 19.5 Å². The summed E-state index contributed by atoms with van der Waals surface area (Å²) in [6, 6.07) is 9.96. The third kappa shape index (κ3) is 6.02. The maximum absolute atomic E-state index is 5.57. The van der Waals surface area contributed by atoms with Crippen LogP contribution in [-0.2, 0) is 13.1 Å². The van der Waals surface area contributed by atoms with E-state index in [1.807, 2.05) is 37.3 Å². The number of aromatic nitrogens is 3. The maximum atomic E-state index is 5.57. The van der Waals surface area contributed by atoms with Gasteiger partial charge in [0.25, 0.3) is 0 Å². The van der Waals surface area contributed by atoms with Gasteiger partial charge in [-0.2, -0.15) is 0 Å². The highest BCUT2D eigenvalue weighted by atomic mass is 127. The number of halogens is 1. The number of oxazole rings is 1. The molecule has 3 rings (SSSR count). The van der Waals surface area contributed by atoms with Crippen LogP contribution in [0.2, 0.25) is 0 Å². The second-order valence-electron chi connectivity index (χ2n) is 5.88. The number of guanidine groups is 1. The van der Waals surface area contributed by atoms with Crippen molar-refractivity contribution in [2.24, 2.45) is 4.99 Å². The van der Waals surface area contributed by atoms with Crippen molar-refractivity contribution >= 4 is 29.9 Å². The molecule has 0 aliphatic carbocycles. The highest BCUT2D eigenvalue weighted by Crippen LogP contribution is 2.18. The molecule has 7 nitrogen and oxygen atoms in total. The fourth-order valence-electron chi connectivity index (χ4n) is 2.39. The molecular formula is C19H23IN6O. The van der Waals surface area contributed by atoms with Crippen LogP contribution in [0.5, 0.6) is 0 Å². The first kappa shape index (κ1) is 20.8. The van der Waals surface area contributed by atoms with Crippen molar-refractivity contribution in [3.63, 3.8) is 0 Å². The molecule has 0 amide bonds. The first-order valence-corrected chi connectivity index (χ1v) is 8.38. The number of nitrogens with one attached hydrogen (secondary N) is 2. The van der Waals surface area contributed by atoms with E-state index < -0.39 is 0 Å². The van der Waals surface area contributed by atoms with Crippen LogP contribution >= 0.6 is 24.0 Å². The summed E-state index contributed by atoms with van der Waals surface area (Å²) in [5.41, 5.74) is 3.88. The Morgan fingerprint density at radius 3 is 2.37 bits per heavy atom. The molecular weight excluding hydrogens is 455 g/mol. The SMILES string of the molecule is CN=C(NCc1ccnc(C)n1)NCc1coc(-c2ccc(C)cc2)n1.I.